The van der Waals surface area contributed by atoms with E-state index in [4.69, 9.17) is 23.7 Å². The van der Waals surface area contributed by atoms with Crippen molar-refractivity contribution >= 4 is 29.8 Å². The number of aliphatic imine (C=N–C) groups is 2. The molecular formula is C39H52N2O9. The number of aliphatic hydroxyl groups excluding tert-OH is 1. The third-order valence-electron chi connectivity index (χ3n) is 15.3. The molecule has 11 nitrogen and oxygen atoms in total. The smallest absolute Gasteiger partial charge is 0.339 e. The van der Waals surface area contributed by atoms with Gasteiger partial charge >= 0.3 is 11.9 Å². The van der Waals surface area contributed by atoms with E-state index in [1.807, 2.05) is 20.8 Å². The number of ether oxygens (including phenoxy) is 5. The van der Waals surface area contributed by atoms with E-state index in [2.05, 4.69) is 23.0 Å². The van der Waals surface area contributed by atoms with Crippen molar-refractivity contribution in [3.05, 3.63) is 11.6 Å². The molecule has 50 heavy (non-hydrogen) atoms. The van der Waals surface area contributed by atoms with Gasteiger partial charge in [0.15, 0.2) is 11.9 Å². The number of carbonyl (C=O) groups is 3. The number of unbranched alkanes of at least 4 members (excludes halogenated alkanes) is 3. The fourth-order valence-corrected chi connectivity index (χ4v) is 13.3. The van der Waals surface area contributed by atoms with Crippen molar-refractivity contribution in [2.75, 3.05) is 19.8 Å². The van der Waals surface area contributed by atoms with Gasteiger partial charge in [-0.2, -0.15) is 0 Å². The van der Waals surface area contributed by atoms with E-state index in [1.54, 1.807) is 6.34 Å². The zero-order valence-electron chi connectivity index (χ0n) is 29.9. The third kappa shape index (κ3) is 3.98. The van der Waals surface area contributed by atoms with Crippen molar-refractivity contribution in [2.24, 2.45) is 43.5 Å². The lowest BCUT2D eigenvalue weighted by molar-refractivity contribution is -0.261. The quantitative estimate of drug-likeness (QED) is 0.169. The molecule has 0 amide bonds. The molecule has 0 bridgehead atoms. The van der Waals surface area contributed by atoms with E-state index < -0.39 is 69.2 Å². The van der Waals surface area contributed by atoms with Crippen LogP contribution in [-0.2, 0) is 38.1 Å². The fraction of sp³-hybridized carbons (Fsp3) is 0.821. The molecular weight excluding hydrogens is 640 g/mol. The molecule has 3 aliphatic carbocycles. The molecule has 4 saturated heterocycles. The summed E-state index contributed by atoms with van der Waals surface area (Å²) >= 11 is 0. The second-order valence-corrected chi connectivity index (χ2v) is 17.9. The molecule has 6 heterocycles. The van der Waals surface area contributed by atoms with Gasteiger partial charge in [-0.3, -0.25) is 14.6 Å². The Labute approximate surface area is 294 Å². The van der Waals surface area contributed by atoms with Gasteiger partial charge in [-0.25, -0.2) is 9.79 Å². The minimum absolute atomic E-state index is 0.0688. The predicted octanol–water partition coefficient (Wildman–Crippen LogP) is 4.46. The Morgan fingerprint density at radius 2 is 1.74 bits per heavy atom. The Bertz CT molecular complexity index is 1600. The number of ketones is 1. The van der Waals surface area contributed by atoms with Crippen LogP contribution in [0.25, 0.3) is 0 Å². The zero-order valence-corrected chi connectivity index (χ0v) is 29.9. The first kappa shape index (κ1) is 33.4. The van der Waals surface area contributed by atoms with E-state index >= 15 is 0 Å². The average molecular weight is 693 g/mol. The van der Waals surface area contributed by atoms with Crippen LogP contribution in [0.2, 0.25) is 0 Å². The summed E-state index contributed by atoms with van der Waals surface area (Å²) in [5.41, 5.74) is -3.44. The molecule has 3 saturated carbocycles. The minimum atomic E-state index is -1.38. The molecule has 11 unspecified atom stereocenters. The topological polar surface area (TPSA) is 146 Å². The molecule has 3 spiro atoms. The predicted molar refractivity (Wildman–Crippen MR) is 180 cm³/mol. The normalized spacial score (nSPS) is 47.5. The number of carbonyl (C=O) groups excluding carboxylic acids is 3. The number of esters is 2. The summed E-state index contributed by atoms with van der Waals surface area (Å²) in [6.45, 7) is 9.21. The van der Waals surface area contributed by atoms with Crippen LogP contribution in [-0.4, -0.2) is 96.4 Å². The minimum Gasteiger partial charge on any atom is -0.464 e. The number of rotatable bonds is 8. The highest BCUT2D eigenvalue weighted by Crippen LogP contribution is 2.80. The lowest BCUT2D eigenvalue weighted by Gasteiger charge is -2.67. The second-order valence-electron chi connectivity index (χ2n) is 17.9. The highest BCUT2D eigenvalue weighted by Gasteiger charge is 2.91. The van der Waals surface area contributed by atoms with Crippen LogP contribution in [0.5, 0.6) is 0 Å². The summed E-state index contributed by atoms with van der Waals surface area (Å²) in [6, 6.07) is 0. The number of fused-ring (bicyclic) bond motifs is 2. The van der Waals surface area contributed by atoms with Gasteiger partial charge in [-0.1, -0.05) is 52.0 Å². The van der Waals surface area contributed by atoms with Gasteiger partial charge in [0, 0.05) is 22.0 Å². The summed E-state index contributed by atoms with van der Waals surface area (Å²) in [5, 5.41) is 12.4. The molecule has 9 rings (SSSR count). The molecule has 7 fully saturated rings. The van der Waals surface area contributed by atoms with Crippen molar-refractivity contribution in [1.29, 1.82) is 0 Å². The van der Waals surface area contributed by atoms with Crippen LogP contribution in [0, 0.1) is 33.5 Å². The van der Waals surface area contributed by atoms with Gasteiger partial charge in [-0.15, -0.1) is 0 Å². The van der Waals surface area contributed by atoms with E-state index in [9.17, 15) is 19.5 Å². The molecule has 1 N–H and O–H groups in total. The van der Waals surface area contributed by atoms with Crippen molar-refractivity contribution in [3.8, 4) is 0 Å². The zero-order chi connectivity index (χ0) is 34.9. The number of nitrogens with zero attached hydrogens (tertiary/aromatic N) is 2. The van der Waals surface area contributed by atoms with Crippen LogP contribution in [0.4, 0.5) is 0 Å². The first-order valence-electron chi connectivity index (χ1n) is 19.2. The lowest BCUT2D eigenvalue weighted by Crippen LogP contribution is -2.78. The maximum atomic E-state index is 14.8. The van der Waals surface area contributed by atoms with Gasteiger partial charge in [-0.05, 0) is 70.3 Å². The number of hydrogen-bond donors (Lipinski definition) is 1. The van der Waals surface area contributed by atoms with Gasteiger partial charge in [0.25, 0.3) is 0 Å². The number of epoxide rings is 1. The standard InChI is InChI=1S/C39H52N2O9/c1-34(2)27-26(42)28(43)36(4)25(38(27)20-47-33(45)37(32(38)50-34)15-9-10-16-37)13-17-35(3)29(48-31(44)30-39(35,36)49-30)23-14-18-46-24(23)12-8-6-5-7-11-22-19-40-21-41-22/h14,21,24-25,27-30,32,43H,5-13,15-20H2,1-4H3. The van der Waals surface area contributed by atoms with Crippen molar-refractivity contribution in [3.63, 3.8) is 0 Å². The molecule has 0 radical (unpaired) electrons. The Hall–Kier alpha value is -2.47. The van der Waals surface area contributed by atoms with Crippen LogP contribution in [0.3, 0.4) is 0 Å². The monoisotopic (exact) mass is 692 g/mol. The largest absolute Gasteiger partial charge is 0.464 e. The van der Waals surface area contributed by atoms with E-state index in [1.165, 1.54) is 0 Å². The third-order valence-corrected chi connectivity index (χ3v) is 15.3. The van der Waals surface area contributed by atoms with Crippen molar-refractivity contribution in [2.45, 2.75) is 146 Å². The molecule has 9 aliphatic rings. The number of cyclic esters (lactones) is 2. The van der Waals surface area contributed by atoms with Gasteiger partial charge in [0.05, 0.1) is 42.3 Å². The SMILES string of the molecule is CC1(C)OC2C3(CCCC3)C(=O)OCC23C1C(=O)C(O)C1(C)C3CCC2(C)C(C3=CCOC3CCCCCCC3=NC=NC3)OC(=O)C3OC321. The van der Waals surface area contributed by atoms with Gasteiger partial charge < -0.3 is 28.8 Å². The maximum absolute atomic E-state index is 14.8. The average Bonchev–Trinajstić information content (AvgIpc) is 3.54. The fourth-order valence-electron chi connectivity index (χ4n) is 13.3. The maximum Gasteiger partial charge on any atom is 0.339 e. The van der Waals surface area contributed by atoms with Crippen LogP contribution in [0.15, 0.2) is 21.6 Å². The first-order valence-corrected chi connectivity index (χ1v) is 19.2. The summed E-state index contributed by atoms with van der Waals surface area (Å²) < 4.78 is 32.4. The Kier molecular flexibility index (Phi) is 7.36. The van der Waals surface area contributed by atoms with Crippen molar-refractivity contribution < 1.29 is 43.2 Å². The summed E-state index contributed by atoms with van der Waals surface area (Å²) in [6.07, 6.45) is 10.6. The molecule has 6 aliphatic heterocycles. The molecule has 0 aromatic heterocycles. The molecule has 11 heteroatoms. The molecule has 11 atom stereocenters. The Morgan fingerprint density at radius 1 is 0.960 bits per heavy atom. The highest BCUT2D eigenvalue weighted by molar-refractivity contribution is 5.96. The summed E-state index contributed by atoms with van der Waals surface area (Å²) in [7, 11) is 0. The van der Waals surface area contributed by atoms with Crippen molar-refractivity contribution in [1.82, 2.24) is 0 Å². The number of Topliss-reactive ketones (excluding diaryl/α,β-unsaturated/α-hetero) is 1. The van der Waals surface area contributed by atoms with Gasteiger partial charge in [0.1, 0.15) is 30.8 Å². The Balaban J connectivity index is 1.03. The van der Waals surface area contributed by atoms with Crippen LogP contribution >= 0.6 is 0 Å². The second kappa shape index (κ2) is 11.0. The van der Waals surface area contributed by atoms with Crippen LogP contribution in [0.1, 0.15) is 105 Å². The van der Waals surface area contributed by atoms with Gasteiger partial charge in [0.2, 0.25) is 0 Å². The summed E-state index contributed by atoms with van der Waals surface area (Å²) in [5.74, 6) is -1.90. The highest BCUT2D eigenvalue weighted by atomic mass is 16.7. The number of hydrogen-bond acceptors (Lipinski definition) is 11. The molecule has 272 valence electrons. The molecule has 0 aromatic rings. The first-order chi connectivity index (χ1) is 23.9. The van der Waals surface area contributed by atoms with E-state index in [0.717, 1.165) is 69.2 Å². The number of aliphatic hydroxyl groups is 1. The Morgan fingerprint density at radius 3 is 2.50 bits per heavy atom. The summed E-state index contributed by atoms with van der Waals surface area (Å²) in [4.78, 5) is 50.9. The van der Waals surface area contributed by atoms with E-state index in [-0.39, 0.29) is 30.4 Å². The van der Waals surface area contributed by atoms with E-state index in [0.29, 0.717) is 32.3 Å². The lowest BCUT2D eigenvalue weighted by atomic mass is 9.35. The molecule has 0 aromatic carbocycles. The van der Waals surface area contributed by atoms with Crippen LogP contribution < -0.4 is 0 Å².